The summed E-state index contributed by atoms with van der Waals surface area (Å²) in [5.74, 6) is 1.14. The largest absolute Gasteiger partial charge is 0.492 e. The first-order valence-electron chi connectivity index (χ1n) is 13.5. The van der Waals surface area contributed by atoms with Crippen molar-refractivity contribution in [1.82, 2.24) is 5.32 Å². The monoisotopic (exact) mass is 594 g/mol. The van der Waals surface area contributed by atoms with E-state index in [1.807, 2.05) is 48.5 Å². The molecule has 2 aromatic carbocycles. The zero-order valence-electron chi connectivity index (χ0n) is 23.7. The number of carbonyl (C=O) groups is 2. The molecule has 0 spiro atoms. The molecule has 2 unspecified atom stereocenters. The fraction of sp³-hybridized carbons (Fsp3) is 0.500. The zero-order valence-corrected chi connectivity index (χ0v) is 25.3. The van der Waals surface area contributed by atoms with E-state index in [4.69, 9.17) is 26.6 Å². The van der Waals surface area contributed by atoms with Crippen LogP contribution in [-0.2, 0) is 18.9 Å². The number of nitrogens with one attached hydrogen (secondary N) is 1. The molecule has 2 aliphatic heterocycles. The number of halogens is 2. The van der Waals surface area contributed by atoms with Crippen LogP contribution in [0.2, 0.25) is 0 Å². The predicted molar refractivity (Wildman–Crippen MR) is 164 cm³/mol. The van der Waals surface area contributed by atoms with Crippen LogP contribution in [0.3, 0.4) is 0 Å². The van der Waals surface area contributed by atoms with E-state index in [-0.39, 0.29) is 35.8 Å². The maximum atomic E-state index is 11.7. The molecule has 220 valence electrons. The second kappa shape index (κ2) is 18.5. The molecule has 2 heterocycles. The lowest BCUT2D eigenvalue weighted by Gasteiger charge is -2.13. The number of rotatable bonds is 9. The standard InChI is InChI=1S/C14H20BNO3.C8H10BNO2.C6H11ClO.ClH/c1-10(2)7-8-14(17)16-9-13-11-5-3-4-6-12(11)15(18)19-13;10-5-8-6-3-1-2-4-7(6)9(11)12-8;1-5(2)3-4-6(7)8;/h3-6,10,13,18H,7-9H2,1-2H3,(H,16,17);1-4,8,11H,5,10H2;5H,3-4H2,1-2H3;1H. The second-order valence-corrected chi connectivity index (χ2v) is 10.9. The fourth-order valence-corrected chi connectivity index (χ4v) is 4.23. The van der Waals surface area contributed by atoms with E-state index in [1.165, 1.54) is 0 Å². The van der Waals surface area contributed by atoms with Crippen LogP contribution in [0.15, 0.2) is 48.5 Å². The molecule has 40 heavy (non-hydrogen) atoms. The van der Waals surface area contributed by atoms with E-state index in [0.717, 1.165) is 34.9 Å². The van der Waals surface area contributed by atoms with Crippen LogP contribution >= 0.6 is 24.0 Å². The molecule has 12 heteroatoms. The molecular weight excluding hydrogens is 553 g/mol. The average Bonchev–Trinajstić information content (AvgIpc) is 3.42. The van der Waals surface area contributed by atoms with Gasteiger partial charge in [-0.05, 0) is 58.3 Å². The van der Waals surface area contributed by atoms with Crippen LogP contribution in [0.1, 0.15) is 76.7 Å². The predicted octanol–water partition coefficient (Wildman–Crippen LogP) is 3.01. The molecule has 1 amide bonds. The van der Waals surface area contributed by atoms with Gasteiger partial charge in [-0.15, -0.1) is 12.4 Å². The molecule has 2 atom stereocenters. The Morgan fingerprint density at radius 3 is 1.77 bits per heavy atom. The minimum atomic E-state index is -0.881. The van der Waals surface area contributed by atoms with Gasteiger partial charge in [0.1, 0.15) is 0 Å². The molecule has 5 N–H and O–H groups in total. The Balaban J connectivity index is 0.000000327. The van der Waals surface area contributed by atoms with Crippen molar-refractivity contribution in [3.05, 3.63) is 59.7 Å². The summed E-state index contributed by atoms with van der Waals surface area (Å²) in [6.45, 7) is 9.15. The van der Waals surface area contributed by atoms with Gasteiger partial charge < -0.3 is 30.4 Å². The first-order valence-corrected chi connectivity index (χ1v) is 13.9. The maximum Gasteiger partial charge on any atom is 0.492 e. The van der Waals surface area contributed by atoms with Crippen molar-refractivity contribution in [1.29, 1.82) is 0 Å². The van der Waals surface area contributed by atoms with Gasteiger partial charge in [-0.3, -0.25) is 9.59 Å². The van der Waals surface area contributed by atoms with Crippen molar-refractivity contribution in [3.63, 3.8) is 0 Å². The van der Waals surface area contributed by atoms with Crippen molar-refractivity contribution in [2.75, 3.05) is 13.1 Å². The van der Waals surface area contributed by atoms with Gasteiger partial charge in [0.15, 0.2) is 0 Å². The summed E-state index contributed by atoms with van der Waals surface area (Å²) in [6.07, 6.45) is 2.44. The van der Waals surface area contributed by atoms with Gasteiger partial charge in [-0.1, -0.05) is 76.2 Å². The maximum absolute atomic E-state index is 11.7. The number of carbonyl (C=O) groups excluding carboxylic acids is 2. The lowest BCUT2D eigenvalue weighted by atomic mass is 9.79. The molecular formula is C28H42B2Cl2N2O6. The van der Waals surface area contributed by atoms with Crippen molar-refractivity contribution in [2.45, 2.75) is 65.6 Å². The summed E-state index contributed by atoms with van der Waals surface area (Å²) in [5.41, 5.74) is 9.08. The molecule has 0 radical (unpaired) electrons. The van der Waals surface area contributed by atoms with Gasteiger partial charge in [0.2, 0.25) is 11.1 Å². The highest BCUT2D eigenvalue weighted by Crippen LogP contribution is 2.22. The summed E-state index contributed by atoms with van der Waals surface area (Å²) in [7, 11) is -1.68. The average molecular weight is 595 g/mol. The first kappa shape index (κ1) is 36.1. The van der Waals surface area contributed by atoms with Gasteiger partial charge in [0.05, 0.1) is 12.2 Å². The van der Waals surface area contributed by atoms with E-state index in [0.29, 0.717) is 37.8 Å². The summed E-state index contributed by atoms with van der Waals surface area (Å²) in [6, 6.07) is 15.1. The summed E-state index contributed by atoms with van der Waals surface area (Å²) >= 11 is 5.08. The third-order valence-electron chi connectivity index (χ3n) is 6.37. The molecule has 0 saturated carbocycles. The van der Waals surface area contributed by atoms with E-state index in [2.05, 4.69) is 33.0 Å². The molecule has 0 fully saturated rings. The summed E-state index contributed by atoms with van der Waals surface area (Å²) in [5, 5.41) is 21.8. The van der Waals surface area contributed by atoms with E-state index >= 15 is 0 Å². The Morgan fingerprint density at radius 1 is 0.875 bits per heavy atom. The fourth-order valence-electron chi connectivity index (χ4n) is 4.12. The highest BCUT2D eigenvalue weighted by Gasteiger charge is 2.35. The Hall–Kier alpha value is -1.91. The molecule has 0 aromatic heterocycles. The third kappa shape index (κ3) is 11.9. The van der Waals surface area contributed by atoms with Gasteiger partial charge in [-0.25, -0.2) is 0 Å². The smallest absolute Gasteiger partial charge is 0.423 e. The van der Waals surface area contributed by atoms with Crippen LogP contribution in [0.25, 0.3) is 0 Å². The molecule has 0 aliphatic carbocycles. The summed E-state index contributed by atoms with van der Waals surface area (Å²) < 4.78 is 10.7. The van der Waals surface area contributed by atoms with Crippen LogP contribution in [0.5, 0.6) is 0 Å². The molecule has 2 aromatic rings. The third-order valence-corrected chi connectivity index (χ3v) is 6.56. The van der Waals surface area contributed by atoms with Crippen LogP contribution in [0.4, 0.5) is 0 Å². The van der Waals surface area contributed by atoms with E-state index in [1.54, 1.807) is 0 Å². The Kier molecular flexibility index (Phi) is 16.7. The van der Waals surface area contributed by atoms with Crippen LogP contribution in [0, 0.1) is 11.8 Å². The number of nitrogens with two attached hydrogens (primary N) is 1. The highest BCUT2D eigenvalue weighted by atomic mass is 35.5. The number of fused-ring (bicyclic) bond motifs is 2. The zero-order chi connectivity index (χ0) is 28.9. The van der Waals surface area contributed by atoms with Crippen molar-refractivity contribution < 1.29 is 28.9 Å². The minimum Gasteiger partial charge on any atom is -0.423 e. The van der Waals surface area contributed by atoms with Crippen LogP contribution in [-0.4, -0.2) is 48.5 Å². The van der Waals surface area contributed by atoms with Crippen molar-refractivity contribution >= 4 is 60.3 Å². The van der Waals surface area contributed by atoms with E-state index < -0.39 is 14.2 Å². The van der Waals surface area contributed by atoms with Crippen LogP contribution < -0.4 is 22.0 Å². The van der Waals surface area contributed by atoms with Gasteiger partial charge in [0, 0.05) is 25.9 Å². The lowest BCUT2D eigenvalue weighted by molar-refractivity contribution is -0.121. The Morgan fingerprint density at radius 2 is 1.32 bits per heavy atom. The van der Waals surface area contributed by atoms with Crippen molar-refractivity contribution in [3.8, 4) is 0 Å². The van der Waals surface area contributed by atoms with Gasteiger partial charge in [0.25, 0.3) is 0 Å². The Labute approximate surface area is 250 Å². The normalized spacial score (nSPS) is 16.8. The molecule has 4 rings (SSSR count). The molecule has 8 nitrogen and oxygen atoms in total. The number of amides is 1. The highest BCUT2D eigenvalue weighted by molar-refractivity contribution is 6.63. The molecule has 2 aliphatic rings. The second-order valence-electron chi connectivity index (χ2n) is 10.5. The Bertz CT molecular complexity index is 1060. The lowest BCUT2D eigenvalue weighted by Crippen LogP contribution is -2.29. The topological polar surface area (TPSA) is 131 Å². The number of hydrogen-bond acceptors (Lipinski definition) is 7. The van der Waals surface area contributed by atoms with Gasteiger partial charge in [-0.2, -0.15) is 0 Å². The quantitative estimate of drug-likeness (QED) is 0.259. The first-order chi connectivity index (χ1) is 18.5. The molecule has 0 bridgehead atoms. The molecule has 0 saturated heterocycles. The van der Waals surface area contributed by atoms with Gasteiger partial charge >= 0.3 is 14.2 Å². The number of hydrogen-bond donors (Lipinski definition) is 4. The minimum absolute atomic E-state index is 0. The SMILES string of the molecule is CC(C)CCC(=O)Cl.CC(C)CCC(=O)NCC1OB(O)c2ccccc21.Cl.NCC1OB(O)c2ccccc21. The van der Waals surface area contributed by atoms with Crippen molar-refractivity contribution in [2.24, 2.45) is 17.6 Å². The number of benzene rings is 2. The van der Waals surface area contributed by atoms with E-state index in [9.17, 15) is 19.6 Å². The summed E-state index contributed by atoms with van der Waals surface area (Å²) in [4.78, 5) is 21.8.